The molecule has 6 heteroatoms. The van der Waals surface area contributed by atoms with Gasteiger partial charge in [-0.25, -0.2) is 4.79 Å². The van der Waals surface area contributed by atoms with E-state index >= 15 is 0 Å². The molecule has 1 rings (SSSR count). The van der Waals surface area contributed by atoms with Gasteiger partial charge in [-0.1, -0.05) is 0 Å². The average Bonchev–Trinajstić information content (AvgIpc) is 2.33. The van der Waals surface area contributed by atoms with Crippen molar-refractivity contribution in [3.05, 3.63) is 0 Å². The predicted molar refractivity (Wildman–Crippen MR) is 59.3 cm³/mol. The van der Waals surface area contributed by atoms with Gasteiger partial charge in [-0.05, 0) is 19.9 Å². The number of hydrogen-bond acceptors (Lipinski definition) is 5. The van der Waals surface area contributed by atoms with E-state index in [1.807, 2.05) is 0 Å². The van der Waals surface area contributed by atoms with Gasteiger partial charge in [-0.3, -0.25) is 4.79 Å². The molecule has 1 aliphatic rings. The Morgan fingerprint density at radius 2 is 2.33 bits per heavy atom. The van der Waals surface area contributed by atoms with Crippen molar-refractivity contribution >= 4 is 28.9 Å². The summed E-state index contributed by atoms with van der Waals surface area (Å²) in [5.41, 5.74) is 0. The number of Topliss-reactive ketones (excluding diaryl/α,β-unsaturated/α-hetero) is 1. The second kappa shape index (κ2) is 7.64. The monoisotopic (exact) mass is 281 g/mol. The van der Waals surface area contributed by atoms with Crippen molar-refractivity contribution < 1.29 is 19.1 Å². The standard InChI is InChI=1S/C9H15NO4.BrH/c1-2-13-9(12)14-8-6-10-5-3-4-7(8)11;/h8,10H,2-6H2,1H3;1H. The van der Waals surface area contributed by atoms with Crippen LogP contribution in [0.2, 0.25) is 0 Å². The minimum Gasteiger partial charge on any atom is -0.435 e. The maximum absolute atomic E-state index is 11.4. The minimum atomic E-state index is -0.769. The lowest BCUT2D eigenvalue weighted by atomic mass is 10.1. The van der Waals surface area contributed by atoms with Gasteiger partial charge < -0.3 is 14.8 Å². The zero-order chi connectivity index (χ0) is 10.4. The Morgan fingerprint density at radius 3 is 3.00 bits per heavy atom. The first-order valence-electron chi connectivity index (χ1n) is 4.81. The molecule has 0 amide bonds. The molecule has 0 spiro atoms. The van der Waals surface area contributed by atoms with E-state index < -0.39 is 12.3 Å². The number of nitrogens with one attached hydrogen (secondary N) is 1. The van der Waals surface area contributed by atoms with Gasteiger partial charge in [-0.2, -0.15) is 0 Å². The fourth-order valence-corrected chi connectivity index (χ4v) is 1.27. The largest absolute Gasteiger partial charge is 0.509 e. The molecule has 1 N–H and O–H groups in total. The highest BCUT2D eigenvalue weighted by atomic mass is 79.9. The Hall–Kier alpha value is -0.620. The smallest absolute Gasteiger partial charge is 0.435 e. The number of rotatable bonds is 2. The highest BCUT2D eigenvalue weighted by molar-refractivity contribution is 8.93. The van der Waals surface area contributed by atoms with Crippen LogP contribution in [0.5, 0.6) is 0 Å². The molecule has 1 atom stereocenters. The predicted octanol–water partition coefficient (Wildman–Crippen LogP) is 1.06. The van der Waals surface area contributed by atoms with Crippen LogP contribution in [0.4, 0.5) is 4.79 Å². The van der Waals surface area contributed by atoms with Gasteiger partial charge in [0.25, 0.3) is 0 Å². The summed E-state index contributed by atoms with van der Waals surface area (Å²) >= 11 is 0. The van der Waals surface area contributed by atoms with E-state index in [0.717, 1.165) is 13.0 Å². The first kappa shape index (κ1) is 14.4. The van der Waals surface area contributed by atoms with Crippen molar-refractivity contribution in [1.82, 2.24) is 5.32 Å². The Bertz CT molecular complexity index is 222. The molecular formula is C9H16BrNO4. The van der Waals surface area contributed by atoms with Crippen LogP contribution in [-0.2, 0) is 14.3 Å². The Kier molecular flexibility index (Phi) is 7.33. The third-order valence-electron chi connectivity index (χ3n) is 1.97. The molecule has 0 saturated carbocycles. The summed E-state index contributed by atoms with van der Waals surface area (Å²) in [6, 6.07) is 0. The summed E-state index contributed by atoms with van der Waals surface area (Å²) in [7, 11) is 0. The molecule has 1 unspecified atom stereocenters. The number of hydrogen-bond donors (Lipinski definition) is 1. The van der Waals surface area contributed by atoms with Crippen molar-refractivity contribution in [2.45, 2.75) is 25.9 Å². The molecule has 5 nitrogen and oxygen atoms in total. The number of carbonyl (C=O) groups excluding carboxylic acids is 2. The molecule has 0 radical (unpaired) electrons. The number of ether oxygens (including phenoxy) is 2. The van der Waals surface area contributed by atoms with E-state index in [0.29, 0.717) is 13.0 Å². The van der Waals surface area contributed by atoms with E-state index in [-0.39, 0.29) is 29.4 Å². The van der Waals surface area contributed by atoms with Gasteiger partial charge in [0.1, 0.15) is 0 Å². The first-order chi connectivity index (χ1) is 6.74. The van der Waals surface area contributed by atoms with Crippen molar-refractivity contribution in [2.24, 2.45) is 0 Å². The van der Waals surface area contributed by atoms with Gasteiger partial charge in [-0.15, -0.1) is 17.0 Å². The topological polar surface area (TPSA) is 64.6 Å². The minimum absolute atomic E-state index is 0. The molecular weight excluding hydrogens is 266 g/mol. The van der Waals surface area contributed by atoms with Gasteiger partial charge in [0, 0.05) is 13.0 Å². The molecule has 0 aromatic carbocycles. The number of carbonyl (C=O) groups is 2. The van der Waals surface area contributed by atoms with E-state index in [1.54, 1.807) is 6.92 Å². The highest BCUT2D eigenvalue weighted by Gasteiger charge is 2.24. The Labute approximate surface area is 99.3 Å². The SMILES string of the molecule is Br.CCOC(=O)OC1CNCCCC1=O. The summed E-state index contributed by atoms with van der Waals surface area (Å²) in [5.74, 6) is -0.0388. The van der Waals surface area contributed by atoms with Gasteiger partial charge in [0.2, 0.25) is 0 Å². The lowest BCUT2D eigenvalue weighted by Crippen LogP contribution is -2.34. The maximum Gasteiger partial charge on any atom is 0.509 e. The fourth-order valence-electron chi connectivity index (χ4n) is 1.27. The van der Waals surface area contributed by atoms with Gasteiger partial charge in [0.05, 0.1) is 6.61 Å². The van der Waals surface area contributed by atoms with Crippen LogP contribution in [0.25, 0.3) is 0 Å². The lowest BCUT2D eigenvalue weighted by Gasteiger charge is -2.13. The zero-order valence-corrected chi connectivity index (χ0v) is 10.4. The summed E-state index contributed by atoms with van der Waals surface area (Å²) in [6.45, 7) is 3.12. The van der Waals surface area contributed by atoms with Crippen LogP contribution in [0.1, 0.15) is 19.8 Å². The summed E-state index contributed by atoms with van der Waals surface area (Å²) in [4.78, 5) is 22.3. The molecule has 0 aromatic rings. The van der Waals surface area contributed by atoms with Gasteiger partial charge >= 0.3 is 6.16 Å². The molecule has 15 heavy (non-hydrogen) atoms. The third-order valence-corrected chi connectivity index (χ3v) is 1.97. The maximum atomic E-state index is 11.4. The Morgan fingerprint density at radius 1 is 1.60 bits per heavy atom. The van der Waals surface area contributed by atoms with Crippen molar-refractivity contribution in [1.29, 1.82) is 0 Å². The Balaban J connectivity index is 0.00000196. The summed E-state index contributed by atoms with van der Waals surface area (Å²) in [6.07, 6.45) is -0.204. The summed E-state index contributed by atoms with van der Waals surface area (Å²) in [5, 5.41) is 3.02. The molecule has 1 saturated heterocycles. The molecule has 0 aromatic heterocycles. The normalized spacial score (nSPS) is 21.1. The molecule has 88 valence electrons. The molecule has 1 aliphatic heterocycles. The van der Waals surface area contributed by atoms with Crippen LogP contribution < -0.4 is 5.32 Å². The number of ketones is 1. The average molecular weight is 282 g/mol. The van der Waals surface area contributed by atoms with Crippen molar-refractivity contribution in [3.8, 4) is 0 Å². The van der Waals surface area contributed by atoms with E-state index in [1.165, 1.54) is 0 Å². The zero-order valence-electron chi connectivity index (χ0n) is 8.65. The molecule has 0 aliphatic carbocycles. The van der Waals surface area contributed by atoms with E-state index in [9.17, 15) is 9.59 Å². The molecule has 1 fully saturated rings. The van der Waals surface area contributed by atoms with E-state index in [2.05, 4.69) is 10.1 Å². The van der Waals surface area contributed by atoms with Crippen molar-refractivity contribution in [2.75, 3.05) is 19.7 Å². The second-order valence-corrected chi connectivity index (χ2v) is 3.06. The van der Waals surface area contributed by atoms with Crippen LogP contribution >= 0.6 is 17.0 Å². The second-order valence-electron chi connectivity index (χ2n) is 3.06. The molecule has 0 bridgehead atoms. The highest BCUT2D eigenvalue weighted by Crippen LogP contribution is 2.05. The van der Waals surface area contributed by atoms with Gasteiger partial charge in [0.15, 0.2) is 11.9 Å². The van der Waals surface area contributed by atoms with Crippen LogP contribution in [0.3, 0.4) is 0 Å². The fraction of sp³-hybridized carbons (Fsp3) is 0.778. The van der Waals surface area contributed by atoms with E-state index in [4.69, 9.17) is 4.74 Å². The lowest BCUT2D eigenvalue weighted by molar-refractivity contribution is -0.127. The quantitative estimate of drug-likeness (QED) is 0.767. The van der Waals surface area contributed by atoms with Crippen molar-refractivity contribution in [3.63, 3.8) is 0 Å². The molecule has 1 heterocycles. The van der Waals surface area contributed by atoms with Crippen LogP contribution in [0, 0.1) is 0 Å². The van der Waals surface area contributed by atoms with Crippen LogP contribution in [0.15, 0.2) is 0 Å². The summed E-state index contributed by atoms with van der Waals surface area (Å²) < 4.78 is 9.44. The third kappa shape index (κ3) is 5.13. The van der Waals surface area contributed by atoms with Crippen LogP contribution in [-0.4, -0.2) is 37.7 Å². The number of halogens is 1. The first-order valence-corrected chi connectivity index (χ1v) is 4.81.